The molecule has 15 heavy (non-hydrogen) atoms. The number of ether oxygens (including phenoxy) is 1. The molecule has 1 aliphatic carbocycles. The Morgan fingerprint density at radius 3 is 2.73 bits per heavy atom. The second-order valence-electron chi connectivity index (χ2n) is 4.77. The summed E-state index contributed by atoms with van der Waals surface area (Å²) in [6.07, 6.45) is 7.08. The zero-order chi connectivity index (χ0) is 10.3. The largest absolute Gasteiger partial charge is 0.380 e. The van der Waals surface area contributed by atoms with E-state index in [1.54, 1.807) is 0 Å². The van der Waals surface area contributed by atoms with E-state index in [1.165, 1.54) is 43.6 Å². The molecule has 2 nitrogen and oxygen atoms in total. The van der Waals surface area contributed by atoms with Crippen molar-refractivity contribution < 1.29 is 4.74 Å². The molecule has 0 spiro atoms. The minimum atomic E-state index is 0.604. The van der Waals surface area contributed by atoms with Crippen LogP contribution >= 0.6 is 11.8 Å². The molecule has 2 fully saturated rings. The first kappa shape index (κ1) is 11.7. The van der Waals surface area contributed by atoms with Gasteiger partial charge in [-0.1, -0.05) is 19.3 Å². The normalized spacial score (nSPS) is 29.2. The van der Waals surface area contributed by atoms with Crippen molar-refractivity contribution in [2.24, 2.45) is 5.92 Å². The van der Waals surface area contributed by atoms with Gasteiger partial charge in [0.05, 0.1) is 6.61 Å². The molecule has 1 saturated carbocycles. The molecule has 0 aromatic heterocycles. The number of hydrogen-bond donors (Lipinski definition) is 1. The van der Waals surface area contributed by atoms with Crippen molar-refractivity contribution in [1.82, 2.24) is 5.32 Å². The van der Waals surface area contributed by atoms with Crippen LogP contribution in [0.15, 0.2) is 0 Å². The fraction of sp³-hybridized carbons (Fsp3) is 1.00. The Kier molecular flexibility index (Phi) is 5.30. The molecule has 2 aliphatic rings. The van der Waals surface area contributed by atoms with E-state index in [9.17, 15) is 0 Å². The van der Waals surface area contributed by atoms with Crippen LogP contribution in [-0.2, 0) is 4.74 Å². The summed E-state index contributed by atoms with van der Waals surface area (Å²) >= 11 is 2.05. The first-order valence-corrected chi connectivity index (χ1v) is 7.49. The molecule has 1 N–H and O–H groups in total. The van der Waals surface area contributed by atoms with Crippen LogP contribution in [0.2, 0.25) is 0 Å². The van der Waals surface area contributed by atoms with Crippen LogP contribution in [0.4, 0.5) is 0 Å². The first-order chi connectivity index (χ1) is 7.45. The van der Waals surface area contributed by atoms with Gasteiger partial charge in [-0.05, 0) is 18.8 Å². The molecule has 1 aliphatic heterocycles. The average Bonchev–Trinajstić information content (AvgIpc) is 2.32. The molecule has 1 saturated heterocycles. The Hall–Kier alpha value is 0.270. The third kappa shape index (κ3) is 4.33. The molecular formula is C12H23NOS. The van der Waals surface area contributed by atoms with Gasteiger partial charge in [0.2, 0.25) is 0 Å². The topological polar surface area (TPSA) is 21.3 Å². The molecule has 3 heteroatoms. The lowest BCUT2D eigenvalue weighted by atomic mass is 9.90. The molecule has 0 radical (unpaired) electrons. The van der Waals surface area contributed by atoms with Gasteiger partial charge in [-0.15, -0.1) is 0 Å². The summed E-state index contributed by atoms with van der Waals surface area (Å²) in [6, 6.07) is 0.604. The van der Waals surface area contributed by atoms with Gasteiger partial charge >= 0.3 is 0 Å². The van der Waals surface area contributed by atoms with E-state index >= 15 is 0 Å². The highest BCUT2D eigenvalue weighted by Crippen LogP contribution is 2.23. The zero-order valence-electron chi connectivity index (χ0n) is 9.54. The predicted octanol–water partition coefficient (Wildman–Crippen LogP) is 2.29. The Morgan fingerprint density at radius 1 is 1.13 bits per heavy atom. The Morgan fingerprint density at radius 2 is 2.00 bits per heavy atom. The lowest BCUT2D eigenvalue weighted by Crippen LogP contribution is -2.41. The SMILES string of the molecule is C1CCC(COC[C@@H]2CSCCN2)CC1. The molecule has 0 aromatic rings. The molecule has 1 heterocycles. The number of thioether (sulfide) groups is 1. The van der Waals surface area contributed by atoms with Gasteiger partial charge in [0.25, 0.3) is 0 Å². The number of nitrogens with one attached hydrogen (secondary N) is 1. The van der Waals surface area contributed by atoms with Crippen molar-refractivity contribution in [2.75, 3.05) is 31.3 Å². The van der Waals surface area contributed by atoms with Crippen molar-refractivity contribution >= 4 is 11.8 Å². The summed E-state index contributed by atoms with van der Waals surface area (Å²) < 4.78 is 5.84. The maximum atomic E-state index is 5.84. The minimum absolute atomic E-state index is 0.604. The van der Waals surface area contributed by atoms with Crippen LogP contribution in [0, 0.1) is 5.92 Å². The molecule has 0 unspecified atom stereocenters. The van der Waals surface area contributed by atoms with E-state index in [-0.39, 0.29) is 0 Å². The van der Waals surface area contributed by atoms with Crippen molar-refractivity contribution in [3.8, 4) is 0 Å². The van der Waals surface area contributed by atoms with Crippen molar-refractivity contribution in [1.29, 1.82) is 0 Å². The average molecular weight is 229 g/mol. The fourth-order valence-corrected chi connectivity index (χ4v) is 3.38. The van der Waals surface area contributed by atoms with E-state index in [2.05, 4.69) is 5.32 Å². The van der Waals surface area contributed by atoms with Crippen molar-refractivity contribution in [3.05, 3.63) is 0 Å². The quantitative estimate of drug-likeness (QED) is 0.799. The molecule has 0 bridgehead atoms. The lowest BCUT2D eigenvalue weighted by Gasteiger charge is -2.25. The van der Waals surface area contributed by atoms with E-state index < -0.39 is 0 Å². The van der Waals surface area contributed by atoms with E-state index in [1.807, 2.05) is 11.8 Å². The second-order valence-corrected chi connectivity index (χ2v) is 5.92. The maximum Gasteiger partial charge on any atom is 0.0627 e. The van der Waals surface area contributed by atoms with Gasteiger partial charge in [-0.25, -0.2) is 0 Å². The number of hydrogen-bond acceptors (Lipinski definition) is 3. The summed E-state index contributed by atoms with van der Waals surface area (Å²) in [4.78, 5) is 0. The molecule has 0 amide bonds. The number of rotatable bonds is 4. The summed E-state index contributed by atoms with van der Waals surface area (Å²) in [5, 5.41) is 3.51. The van der Waals surface area contributed by atoms with Gasteiger partial charge in [-0.3, -0.25) is 0 Å². The Bertz CT molecular complexity index is 147. The highest BCUT2D eigenvalue weighted by Gasteiger charge is 2.16. The summed E-state index contributed by atoms with van der Waals surface area (Å²) in [6.45, 7) is 3.08. The van der Waals surface area contributed by atoms with Crippen LogP contribution in [0.1, 0.15) is 32.1 Å². The van der Waals surface area contributed by atoms with Crippen LogP contribution in [0.3, 0.4) is 0 Å². The van der Waals surface area contributed by atoms with Crippen LogP contribution < -0.4 is 5.32 Å². The molecular weight excluding hydrogens is 206 g/mol. The molecule has 2 rings (SSSR count). The molecule has 1 atom stereocenters. The standard InChI is InChI=1S/C12H23NOS/c1-2-4-11(5-3-1)8-14-9-12-10-15-7-6-13-12/h11-13H,1-10H2/t12-/m1/s1. The van der Waals surface area contributed by atoms with E-state index in [0.29, 0.717) is 6.04 Å². The van der Waals surface area contributed by atoms with Crippen LogP contribution in [0.5, 0.6) is 0 Å². The predicted molar refractivity (Wildman–Crippen MR) is 66.5 cm³/mol. The van der Waals surface area contributed by atoms with Gasteiger partial charge < -0.3 is 10.1 Å². The zero-order valence-corrected chi connectivity index (χ0v) is 10.4. The van der Waals surface area contributed by atoms with E-state index in [4.69, 9.17) is 4.74 Å². The Balaban J connectivity index is 1.53. The highest BCUT2D eigenvalue weighted by molar-refractivity contribution is 7.99. The third-order valence-electron chi connectivity index (χ3n) is 3.40. The van der Waals surface area contributed by atoms with Crippen molar-refractivity contribution in [3.63, 3.8) is 0 Å². The Labute approximate surface area is 97.5 Å². The summed E-state index contributed by atoms with van der Waals surface area (Å²) in [5.41, 5.74) is 0. The van der Waals surface area contributed by atoms with Gasteiger partial charge in [-0.2, -0.15) is 11.8 Å². The minimum Gasteiger partial charge on any atom is -0.380 e. The molecule has 0 aromatic carbocycles. The smallest absolute Gasteiger partial charge is 0.0627 e. The maximum absolute atomic E-state index is 5.84. The van der Waals surface area contributed by atoms with Gasteiger partial charge in [0, 0.05) is 30.7 Å². The second kappa shape index (κ2) is 6.77. The fourth-order valence-electron chi connectivity index (χ4n) is 2.46. The summed E-state index contributed by atoms with van der Waals surface area (Å²) in [5.74, 6) is 3.35. The van der Waals surface area contributed by atoms with Crippen LogP contribution in [0.25, 0.3) is 0 Å². The van der Waals surface area contributed by atoms with Gasteiger partial charge in [0.15, 0.2) is 0 Å². The van der Waals surface area contributed by atoms with E-state index in [0.717, 1.165) is 25.7 Å². The van der Waals surface area contributed by atoms with Gasteiger partial charge in [0.1, 0.15) is 0 Å². The van der Waals surface area contributed by atoms with Crippen LogP contribution in [-0.4, -0.2) is 37.3 Å². The first-order valence-electron chi connectivity index (χ1n) is 6.34. The lowest BCUT2D eigenvalue weighted by molar-refractivity contribution is 0.0732. The third-order valence-corrected chi connectivity index (χ3v) is 4.53. The monoisotopic (exact) mass is 229 g/mol. The summed E-state index contributed by atoms with van der Waals surface area (Å²) in [7, 11) is 0. The molecule has 88 valence electrons. The highest BCUT2D eigenvalue weighted by atomic mass is 32.2. The van der Waals surface area contributed by atoms with Crippen molar-refractivity contribution in [2.45, 2.75) is 38.1 Å².